The Bertz CT molecular complexity index is 415. The maximum Gasteiger partial charge on any atom is 0.328 e. The van der Waals surface area contributed by atoms with E-state index in [9.17, 15) is 9.18 Å². The van der Waals surface area contributed by atoms with E-state index in [-0.39, 0.29) is 16.3 Å². The van der Waals surface area contributed by atoms with E-state index < -0.39 is 11.8 Å². The zero-order valence-corrected chi connectivity index (χ0v) is 8.58. The van der Waals surface area contributed by atoms with Crippen LogP contribution in [0.4, 0.5) is 4.39 Å². The van der Waals surface area contributed by atoms with Crippen LogP contribution in [0.1, 0.15) is 5.56 Å². The summed E-state index contributed by atoms with van der Waals surface area (Å²) in [5.74, 6) is -1.92. The maximum atomic E-state index is 13.5. The highest BCUT2D eigenvalue weighted by molar-refractivity contribution is 6.32. The molecular formula is C10H8ClFO3. The molecule has 1 aromatic rings. The van der Waals surface area contributed by atoms with E-state index in [1.807, 2.05) is 0 Å². The monoisotopic (exact) mass is 230 g/mol. The average Bonchev–Trinajstić information content (AvgIpc) is 2.17. The fourth-order valence-corrected chi connectivity index (χ4v) is 1.25. The third kappa shape index (κ3) is 2.70. The summed E-state index contributed by atoms with van der Waals surface area (Å²) in [7, 11) is 1.29. The number of aliphatic carboxylic acids is 1. The molecule has 0 atom stereocenters. The normalized spacial score (nSPS) is 10.6. The summed E-state index contributed by atoms with van der Waals surface area (Å²) < 4.78 is 18.3. The van der Waals surface area contributed by atoms with Crippen molar-refractivity contribution in [2.75, 3.05) is 7.11 Å². The van der Waals surface area contributed by atoms with Gasteiger partial charge in [-0.1, -0.05) is 17.7 Å². The van der Waals surface area contributed by atoms with Crippen LogP contribution in [0.2, 0.25) is 5.02 Å². The molecule has 0 saturated carbocycles. The molecule has 0 aliphatic carbocycles. The van der Waals surface area contributed by atoms with Crippen LogP contribution in [0.3, 0.4) is 0 Å². The fraction of sp³-hybridized carbons (Fsp3) is 0.100. The minimum absolute atomic E-state index is 0.0933. The quantitative estimate of drug-likeness (QED) is 0.812. The van der Waals surface area contributed by atoms with E-state index in [4.69, 9.17) is 21.4 Å². The van der Waals surface area contributed by atoms with Crippen molar-refractivity contribution in [3.8, 4) is 5.75 Å². The van der Waals surface area contributed by atoms with Gasteiger partial charge < -0.3 is 9.84 Å². The van der Waals surface area contributed by atoms with Crippen molar-refractivity contribution >= 4 is 23.6 Å². The number of methoxy groups -OCH3 is 1. The molecule has 0 saturated heterocycles. The lowest BCUT2D eigenvalue weighted by molar-refractivity contribution is -0.131. The van der Waals surface area contributed by atoms with Crippen molar-refractivity contribution in [1.29, 1.82) is 0 Å². The molecule has 0 aliphatic rings. The Kier molecular flexibility index (Phi) is 3.68. The molecule has 0 radical (unpaired) electrons. The van der Waals surface area contributed by atoms with E-state index in [2.05, 4.69) is 0 Å². The Hall–Kier alpha value is -1.55. The summed E-state index contributed by atoms with van der Waals surface area (Å²) >= 11 is 5.66. The highest BCUT2D eigenvalue weighted by Gasteiger charge is 2.10. The van der Waals surface area contributed by atoms with Gasteiger partial charge in [-0.2, -0.15) is 0 Å². The van der Waals surface area contributed by atoms with Gasteiger partial charge in [0.2, 0.25) is 0 Å². The van der Waals surface area contributed by atoms with Crippen molar-refractivity contribution < 1.29 is 19.0 Å². The Labute approximate surface area is 90.7 Å². The zero-order chi connectivity index (χ0) is 11.4. The molecule has 0 unspecified atom stereocenters. The minimum atomic E-state index is -1.15. The van der Waals surface area contributed by atoms with Gasteiger partial charge >= 0.3 is 5.97 Å². The molecule has 0 aliphatic heterocycles. The summed E-state index contributed by atoms with van der Waals surface area (Å²) in [4.78, 5) is 10.2. The Morgan fingerprint density at radius 2 is 2.27 bits per heavy atom. The Morgan fingerprint density at radius 3 is 2.80 bits per heavy atom. The van der Waals surface area contributed by atoms with E-state index >= 15 is 0 Å². The second-order valence-corrected chi connectivity index (χ2v) is 3.06. The highest BCUT2D eigenvalue weighted by atomic mass is 35.5. The second-order valence-electron chi connectivity index (χ2n) is 2.66. The summed E-state index contributed by atoms with van der Waals surface area (Å²) in [6.45, 7) is 0. The van der Waals surface area contributed by atoms with E-state index in [0.29, 0.717) is 0 Å². The van der Waals surface area contributed by atoms with Crippen LogP contribution in [0.25, 0.3) is 6.08 Å². The maximum absolute atomic E-state index is 13.5. The van der Waals surface area contributed by atoms with Gasteiger partial charge in [0.15, 0.2) is 11.6 Å². The Balaban J connectivity index is 3.16. The Morgan fingerprint density at radius 1 is 1.60 bits per heavy atom. The van der Waals surface area contributed by atoms with Crippen molar-refractivity contribution in [1.82, 2.24) is 0 Å². The number of benzene rings is 1. The number of halogens is 2. The third-order valence-corrected chi connectivity index (χ3v) is 1.99. The van der Waals surface area contributed by atoms with Crippen LogP contribution in [0, 0.1) is 5.82 Å². The molecule has 80 valence electrons. The van der Waals surface area contributed by atoms with Crippen LogP contribution in [-0.4, -0.2) is 18.2 Å². The first-order chi connectivity index (χ1) is 7.06. The number of hydrogen-bond acceptors (Lipinski definition) is 2. The molecule has 0 aromatic heterocycles. The average molecular weight is 231 g/mol. The minimum Gasteiger partial charge on any atom is -0.492 e. The van der Waals surface area contributed by atoms with Gasteiger partial charge in [-0.3, -0.25) is 0 Å². The van der Waals surface area contributed by atoms with Gasteiger partial charge in [0.25, 0.3) is 0 Å². The van der Waals surface area contributed by atoms with E-state index in [1.54, 1.807) is 0 Å². The topological polar surface area (TPSA) is 46.5 Å². The largest absolute Gasteiger partial charge is 0.492 e. The standard InChI is InChI=1S/C10H8ClFO3/c1-15-10-7(11)4-2-6(9(10)12)3-5-8(13)14/h2-5H,1H3,(H,13,14). The summed E-state index contributed by atoms with van der Waals surface area (Å²) in [6, 6.07) is 2.81. The lowest BCUT2D eigenvalue weighted by Crippen LogP contribution is -1.93. The molecule has 5 heteroatoms. The molecule has 0 amide bonds. The smallest absolute Gasteiger partial charge is 0.328 e. The van der Waals surface area contributed by atoms with Gasteiger partial charge in [0.05, 0.1) is 12.1 Å². The summed E-state index contributed by atoms with van der Waals surface area (Å²) in [6.07, 6.45) is 1.97. The highest BCUT2D eigenvalue weighted by Crippen LogP contribution is 2.30. The number of hydrogen-bond donors (Lipinski definition) is 1. The van der Waals surface area contributed by atoms with Crippen molar-refractivity contribution in [2.45, 2.75) is 0 Å². The summed E-state index contributed by atoms with van der Waals surface area (Å²) in [5.41, 5.74) is 0.110. The predicted octanol–water partition coefficient (Wildman–Crippen LogP) is 2.59. The number of carboxylic acids is 1. The molecule has 0 spiro atoms. The lowest BCUT2D eigenvalue weighted by Gasteiger charge is -2.05. The van der Waals surface area contributed by atoms with Gasteiger partial charge in [-0.05, 0) is 12.1 Å². The number of carboxylic acid groups (broad SMARTS) is 1. The van der Waals surface area contributed by atoms with Crippen molar-refractivity contribution in [3.05, 3.63) is 34.6 Å². The van der Waals surface area contributed by atoms with E-state index in [0.717, 1.165) is 12.2 Å². The van der Waals surface area contributed by atoms with Crippen LogP contribution in [-0.2, 0) is 4.79 Å². The van der Waals surface area contributed by atoms with Gasteiger partial charge in [-0.15, -0.1) is 0 Å². The first-order valence-corrected chi connectivity index (χ1v) is 4.37. The van der Waals surface area contributed by atoms with Crippen molar-refractivity contribution in [2.24, 2.45) is 0 Å². The van der Waals surface area contributed by atoms with E-state index in [1.165, 1.54) is 19.2 Å². The van der Waals surface area contributed by atoms with Gasteiger partial charge in [0, 0.05) is 11.6 Å². The van der Waals surface area contributed by atoms with Gasteiger partial charge in [-0.25, -0.2) is 9.18 Å². The number of carbonyl (C=O) groups is 1. The molecule has 1 aromatic carbocycles. The van der Waals surface area contributed by atoms with Crippen LogP contribution in [0.15, 0.2) is 18.2 Å². The molecule has 1 rings (SSSR count). The molecule has 1 N–H and O–H groups in total. The lowest BCUT2D eigenvalue weighted by atomic mass is 10.2. The molecule has 15 heavy (non-hydrogen) atoms. The first kappa shape index (κ1) is 11.5. The number of rotatable bonds is 3. The van der Waals surface area contributed by atoms with Crippen molar-refractivity contribution in [3.63, 3.8) is 0 Å². The second kappa shape index (κ2) is 4.79. The summed E-state index contributed by atoms with van der Waals surface area (Å²) in [5, 5.41) is 8.52. The first-order valence-electron chi connectivity index (χ1n) is 3.99. The van der Waals surface area contributed by atoms with Crippen LogP contribution < -0.4 is 4.74 Å². The molecule has 3 nitrogen and oxygen atoms in total. The van der Waals surface area contributed by atoms with Crippen LogP contribution in [0.5, 0.6) is 5.75 Å². The molecule has 0 bridgehead atoms. The SMILES string of the molecule is COc1c(Cl)ccc(C=CC(=O)O)c1F. The van der Waals surface area contributed by atoms with Gasteiger partial charge in [0.1, 0.15) is 0 Å². The number of ether oxygens (including phenoxy) is 1. The molecule has 0 fully saturated rings. The zero-order valence-electron chi connectivity index (χ0n) is 7.83. The molecular weight excluding hydrogens is 223 g/mol. The van der Waals surface area contributed by atoms with Crippen LogP contribution >= 0.6 is 11.6 Å². The third-order valence-electron chi connectivity index (χ3n) is 1.69. The predicted molar refractivity (Wildman–Crippen MR) is 54.6 cm³/mol. The molecule has 0 heterocycles. The fourth-order valence-electron chi connectivity index (χ4n) is 1.02.